The molecule has 2 aromatic rings. The number of hydrogen-bond donors (Lipinski definition) is 0. The van der Waals surface area contributed by atoms with Crippen molar-refractivity contribution in [2.45, 2.75) is 49.6 Å². The first-order chi connectivity index (χ1) is 11.2. The first kappa shape index (κ1) is 15.4. The molecule has 0 radical (unpaired) electrons. The molecule has 23 heavy (non-hydrogen) atoms. The zero-order valence-electron chi connectivity index (χ0n) is 13.4. The Balaban J connectivity index is 1.66. The van der Waals surface area contributed by atoms with Crippen LogP contribution < -0.4 is 0 Å². The van der Waals surface area contributed by atoms with Crippen LogP contribution >= 0.6 is 22.7 Å². The van der Waals surface area contributed by atoms with Crippen LogP contribution in [0.15, 0.2) is 35.0 Å². The van der Waals surface area contributed by atoms with Crippen LogP contribution in [-0.4, -0.2) is 24.0 Å². The lowest BCUT2D eigenvalue weighted by atomic mass is 9.74. The van der Waals surface area contributed by atoms with E-state index in [4.69, 9.17) is 0 Å². The van der Waals surface area contributed by atoms with Crippen LogP contribution in [-0.2, 0) is 5.41 Å². The number of nitrogens with zero attached hydrogens (tertiary/aromatic N) is 2. The lowest BCUT2D eigenvalue weighted by Crippen LogP contribution is -2.41. The molecule has 0 amide bonds. The smallest absolute Gasteiger partial charge is 0.126 e. The van der Waals surface area contributed by atoms with Crippen molar-refractivity contribution >= 4 is 22.7 Å². The van der Waals surface area contributed by atoms with Crippen molar-refractivity contribution in [2.75, 3.05) is 7.05 Å². The minimum absolute atomic E-state index is 0.442. The molecule has 2 saturated heterocycles. The summed E-state index contributed by atoms with van der Waals surface area (Å²) in [7, 11) is 2.29. The van der Waals surface area contributed by atoms with Gasteiger partial charge in [-0.2, -0.15) is 5.26 Å². The van der Waals surface area contributed by atoms with Gasteiger partial charge in [-0.3, -0.25) is 0 Å². The summed E-state index contributed by atoms with van der Waals surface area (Å²) in [6, 6.07) is 12.7. The zero-order chi connectivity index (χ0) is 15.9. The molecule has 2 bridgehead atoms. The molecule has 2 fully saturated rings. The van der Waals surface area contributed by atoms with Gasteiger partial charge in [-0.15, -0.1) is 22.7 Å². The van der Waals surface area contributed by atoms with Gasteiger partial charge in [0.05, 0.1) is 6.07 Å². The molecule has 120 valence electrons. The van der Waals surface area contributed by atoms with Crippen molar-refractivity contribution in [1.82, 2.24) is 4.90 Å². The van der Waals surface area contributed by atoms with E-state index in [0.29, 0.717) is 5.92 Å². The van der Waals surface area contributed by atoms with Gasteiger partial charge in [0, 0.05) is 21.8 Å². The molecule has 0 aliphatic carbocycles. The maximum Gasteiger partial charge on any atom is 0.126 e. The molecule has 2 aliphatic heterocycles. The molecule has 3 atom stereocenters. The summed E-state index contributed by atoms with van der Waals surface area (Å²) in [5, 5.41) is 14.4. The van der Waals surface area contributed by atoms with Crippen LogP contribution in [0.2, 0.25) is 0 Å². The summed E-state index contributed by atoms with van der Waals surface area (Å²) in [4.78, 5) is 5.02. The molecule has 0 saturated carbocycles. The van der Waals surface area contributed by atoms with E-state index in [-0.39, 0.29) is 0 Å². The van der Waals surface area contributed by atoms with Gasteiger partial charge >= 0.3 is 0 Å². The lowest BCUT2D eigenvalue weighted by Gasteiger charge is -2.39. The van der Waals surface area contributed by atoms with Crippen molar-refractivity contribution in [3.8, 4) is 6.07 Å². The number of hydrogen-bond acceptors (Lipinski definition) is 4. The quantitative estimate of drug-likeness (QED) is 0.791. The molecule has 2 aromatic heterocycles. The van der Waals surface area contributed by atoms with Gasteiger partial charge in [0.1, 0.15) is 5.41 Å². The molecule has 2 aliphatic rings. The highest BCUT2D eigenvalue weighted by Gasteiger charge is 2.44. The summed E-state index contributed by atoms with van der Waals surface area (Å²) >= 11 is 3.47. The first-order valence-electron chi connectivity index (χ1n) is 8.44. The largest absolute Gasteiger partial charge is 0.300 e. The van der Waals surface area contributed by atoms with E-state index < -0.39 is 5.41 Å². The molecule has 0 aromatic carbocycles. The molecule has 4 rings (SSSR count). The maximum atomic E-state index is 10.2. The molecule has 4 heteroatoms. The zero-order valence-corrected chi connectivity index (χ0v) is 15.1. The van der Waals surface area contributed by atoms with Gasteiger partial charge < -0.3 is 4.90 Å². The second kappa shape index (κ2) is 6.05. The van der Waals surface area contributed by atoms with Crippen LogP contribution in [0, 0.1) is 17.2 Å². The average Bonchev–Trinajstić information content (AvgIpc) is 3.29. The predicted molar refractivity (Wildman–Crippen MR) is 96.9 cm³/mol. The molecular weight excluding hydrogens is 320 g/mol. The van der Waals surface area contributed by atoms with Gasteiger partial charge in [0.2, 0.25) is 0 Å². The molecule has 2 nitrogen and oxygen atoms in total. The number of piperidine rings is 1. The number of fused-ring (bicyclic) bond motifs is 2. The Morgan fingerprint density at radius 1 is 1.13 bits per heavy atom. The Kier molecular flexibility index (Phi) is 4.05. The summed E-state index contributed by atoms with van der Waals surface area (Å²) in [6.45, 7) is 0. The van der Waals surface area contributed by atoms with Crippen LogP contribution in [0.25, 0.3) is 0 Å². The second-order valence-electron chi connectivity index (χ2n) is 7.06. The molecule has 4 heterocycles. The lowest BCUT2D eigenvalue weighted by molar-refractivity contribution is 0.124. The number of thiophene rings is 2. The fourth-order valence-corrected chi connectivity index (χ4v) is 6.51. The molecule has 0 N–H and O–H groups in total. The predicted octanol–water partition coefficient (Wildman–Crippen LogP) is 4.88. The van der Waals surface area contributed by atoms with Crippen LogP contribution in [0.5, 0.6) is 0 Å². The van der Waals surface area contributed by atoms with Crippen molar-refractivity contribution < 1.29 is 0 Å². The maximum absolute atomic E-state index is 10.2. The highest BCUT2D eigenvalue weighted by Crippen LogP contribution is 2.47. The van der Waals surface area contributed by atoms with Crippen molar-refractivity contribution in [1.29, 1.82) is 5.26 Å². The average molecular weight is 343 g/mol. The van der Waals surface area contributed by atoms with Crippen LogP contribution in [0.3, 0.4) is 0 Å². The van der Waals surface area contributed by atoms with Gasteiger partial charge in [-0.1, -0.05) is 12.1 Å². The van der Waals surface area contributed by atoms with E-state index in [0.717, 1.165) is 18.5 Å². The summed E-state index contributed by atoms with van der Waals surface area (Å²) in [6.07, 6.45) is 6.18. The van der Waals surface area contributed by atoms with E-state index in [9.17, 15) is 5.26 Å². The SMILES string of the molecule is CN1[C@@H]2CC[C@H]1C[C@@H](CC(C#N)(c1cccs1)c1cccs1)C2. The normalized spacial score (nSPS) is 27.9. The highest BCUT2D eigenvalue weighted by molar-refractivity contribution is 7.11. The third-order valence-corrected chi connectivity index (χ3v) is 7.93. The fraction of sp³-hybridized carbons (Fsp3) is 0.526. The van der Waals surface area contributed by atoms with E-state index >= 15 is 0 Å². The highest BCUT2D eigenvalue weighted by atomic mass is 32.1. The Morgan fingerprint density at radius 2 is 1.70 bits per heavy atom. The number of nitriles is 1. The number of rotatable bonds is 4. The molecule has 0 unspecified atom stereocenters. The third kappa shape index (κ3) is 2.55. The Morgan fingerprint density at radius 3 is 2.13 bits per heavy atom. The third-order valence-electron chi connectivity index (χ3n) is 5.87. The molecular formula is C19H22N2S2. The van der Waals surface area contributed by atoms with Crippen LogP contribution in [0.1, 0.15) is 41.9 Å². The second-order valence-corrected chi connectivity index (χ2v) is 8.96. The topological polar surface area (TPSA) is 27.0 Å². The van der Waals surface area contributed by atoms with Gasteiger partial charge in [-0.05, 0) is 68.0 Å². The van der Waals surface area contributed by atoms with Gasteiger partial charge in [-0.25, -0.2) is 0 Å². The Labute approximate surface area is 146 Å². The van der Waals surface area contributed by atoms with Gasteiger partial charge in [0.15, 0.2) is 0 Å². The minimum atomic E-state index is -0.442. The van der Waals surface area contributed by atoms with E-state index in [1.165, 1.54) is 35.4 Å². The standard InChI is InChI=1S/C19H22N2S2/c1-21-15-6-7-16(21)11-14(10-15)12-19(13-20,17-4-2-8-22-17)18-5-3-9-23-18/h2-5,8-9,14-16H,6-7,10-12H2,1H3/t14-,15+,16-. The fourth-order valence-electron chi connectivity index (χ4n) is 4.65. The summed E-state index contributed by atoms with van der Waals surface area (Å²) < 4.78 is 0. The van der Waals surface area contributed by atoms with Gasteiger partial charge in [0.25, 0.3) is 0 Å². The minimum Gasteiger partial charge on any atom is -0.300 e. The summed E-state index contributed by atoms with van der Waals surface area (Å²) in [5.41, 5.74) is -0.442. The Bertz CT molecular complexity index is 635. The van der Waals surface area contributed by atoms with E-state index in [1.54, 1.807) is 22.7 Å². The van der Waals surface area contributed by atoms with E-state index in [2.05, 4.69) is 53.0 Å². The monoisotopic (exact) mass is 342 g/mol. The van der Waals surface area contributed by atoms with E-state index in [1.807, 2.05) is 0 Å². The van der Waals surface area contributed by atoms with Crippen molar-refractivity contribution in [2.24, 2.45) is 5.92 Å². The summed E-state index contributed by atoms with van der Waals surface area (Å²) in [5.74, 6) is 0.660. The molecule has 0 spiro atoms. The van der Waals surface area contributed by atoms with Crippen LogP contribution in [0.4, 0.5) is 0 Å². The van der Waals surface area contributed by atoms with Crippen molar-refractivity contribution in [3.63, 3.8) is 0 Å². The first-order valence-corrected chi connectivity index (χ1v) is 10.2. The Hall–Kier alpha value is -1.15. The van der Waals surface area contributed by atoms with Crippen molar-refractivity contribution in [3.05, 3.63) is 44.8 Å².